The van der Waals surface area contributed by atoms with Gasteiger partial charge in [-0.25, -0.2) is 0 Å². The Kier molecular flexibility index (Phi) is 5.82. The van der Waals surface area contributed by atoms with Crippen LogP contribution < -0.4 is 5.32 Å². The Morgan fingerprint density at radius 3 is 2.56 bits per heavy atom. The molecular formula is C21H26N2OS. The molecule has 0 unspecified atom stereocenters. The van der Waals surface area contributed by atoms with Crippen LogP contribution in [0, 0.1) is 0 Å². The number of thioether (sulfide) groups is 1. The first kappa shape index (κ1) is 18.0. The standard InChI is InChI=1S/C21H26N2OS/c1-4-15-9-11-16(12-10-15)18(23(2)3)14-22-21(24)20-13-17-7-5-6-8-19(17)25-20/h5-12,18,20H,4,13-14H2,1-3H3,(H,22,24)/t18-,20+/m1/s1. The van der Waals surface area contributed by atoms with E-state index in [-0.39, 0.29) is 17.2 Å². The fourth-order valence-electron chi connectivity index (χ4n) is 3.21. The van der Waals surface area contributed by atoms with Gasteiger partial charge in [-0.2, -0.15) is 0 Å². The second-order valence-corrected chi connectivity index (χ2v) is 7.98. The van der Waals surface area contributed by atoms with Crippen LogP contribution in [0.2, 0.25) is 0 Å². The van der Waals surface area contributed by atoms with E-state index in [9.17, 15) is 4.79 Å². The van der Waals surface area contributed by atoms with Gasteiger partial charge in [0.25, 0.3) is 0 Å². The smallest absolute Gasteiger partial charge is 0.233 e. The van der Waals surface area contributed by atoms with Crippen LogP contribution in [0.5, 0.6) is 0 Å². The van der Waals surface area contributed by atoms with Crippen LogP contribution >= 0.6 is 11.8 Å². The van der Waals surface area contributed by atoms with E-state index in [2.05, 4.69) is 67.6 Å². The predicted molar refractivity (Wildman–Crippen MR) is 105 cm³/mol. The first-order valence-electron chi connectivity index (χ1n) is 8.86. The van der Waals surface area contributed by atoms with E-state index in [1.807, 2.05) is 12.1 Å². The highest BCUT2D eigenvalue weighted by atomic mass is 32.2. The van der Waals surface area contributed by atoms with Gasteiger partial charge in [-0.05, 0) is 49.7 Å². The summed E-state index contributed by atoms with van der Waals surface area (Å²) in [7, 11) is 4.12. The number of hydrogen-bond acceptors (Lipinski definition) is 3. The van der Waals surface area contributed by atoms with Crippen molar-refractivity contribution in [2.45, 2.75) is 36.0 Å². The monoisotopic (exact) mass is 354 g/mol. The zero-order chi connectivity index (χ0) is 17.8. The molecule has 1 aliphatic rings. The molecule has 0 radical (unpaired) electrons. The van der Waals surface area contributed by atoms with Crippen molar-refractivity contribution in [2.75, 3.05) is 20.6 Å². The number of aryl methyl sites for hydroxylation is 1. The Labute approximate surface area is 154 Å². The zero-order valence-electron chi connectivity index (χ0n) is 15.2. The van der Waals surface area contributed by atoms with Crippen LogP contribution in [0.3, 0.4) is 0 Å². The molecule has 0 bridgehead atoms. The molecule has 0 saturated carbocycles. The number of amides is 1. The maximum absolute atomic E-state index is 12.6. The summed E-state index contributed by atoms with van der Waals surface area (Å²) in [6.07, 6.45) is 1.87. The number of carbonyl (C=O) groups is 1. The molecule has 1 heterocycles. The van der Waals surface area contributed by atoms with Crippen molar-refractivity contribution in [3.05, 3.63) is 65.2 Å². The molecule has 132 valence electrons. The lowest BCUT2D eigenvalue weighted by Crippen LogP contribution is -2.38. The molecule has 1 aliphatic heterocycles. The Balaban J connectivity index is 1.61. The van der Waals surface area contributed by atoms with Crippen LogP contribution in [-0.2, 0) is 17.6 Å². The van der Waals surface area contributed by atoms with Gasteiger partial charge in [0.2, 0.25) is 5.91 Å². The molecule has 1 N–H and O–H groups in total. The van der Waals surface area contributed by atoms with Crippen molar-refractivity contribution in [2.24, 2.45) is 0 Å². The van der Waals surface area contributed by atoms with Gasteiger partial charge in [0.15, 0.2) is 0 Å². The van der Waals surface area contributed by atoms with Gasteiger partial charge in [0, 0.05) is 11.4 Å². The van der Waals surface area contributed by atoms with E-state index in [4.69, 9.17) is 0 Å². The molecule has 3 nitrogen and oxygen atoms in total. The van der Waals surface area contributed by atoms with Crippen LogP contribution in [-0.4, -0.2) is 36.7 Å². The Bertz CT molecular complexity index is 702. The van der Waals surface area contributed by atoms with Crippen molar-refractivity contribution in [3.63, 3.8) is 0 Å². The van der Waals surface area contributed by atoms with E-state index < -0.39 is 0 Å². The van der Waals surface area contributed by atoms with Crippen molar-refractivity contribution in [1.29, 1.82) is 0 Å². The van der Waals surface area contributed by atoms with E-state index in [1.165, 1.54) is 21.6 Å². The van der Waals surface area contributed by atoms with Crippen LogP contribution in [0.15, 0.2) is 53.4 Å². The van der Waals surface area contributed by atoms with E-state index in [0.29, 0.717) is 6.54 Å². The number of hydrogen-bond donors (Lipinski definition) is 1. The molecule has 1 amide bonds. The molecule has 2 atom stereocenters. The van der Waals surface area contributed by atoms with Crippen molar-refractivity contribution in [1.82, 2.24) is 10.2 Å². The average molecular weight is 355 g/mol. The highest BCUT2D eigenvalue weighted by Gasteiger charge is 2.28. The molecule has 4 heteroatoms. The van der Waals surface area contributed by atoms with E-state index in [1.54, 1.807) is 11.8 Å². The molecule has 0 fully saturated rings. The van der Waals surface area contributed by atoms with Gasteiger partial charge in [-0.3, -0.25) is 4.79 Å². The van der Waals surface area contributed by atoms with Gasteiger partial charge in [-0.15, -0.1) is 11.8 Å². The molecule has 0 aromatic heterocycles. The number of fused-ring (bicyclic) bond motifs is 1. The summed E-state index contributed by atoms with van der Waals surface area (Å²) in [6, 6.07) is 17.2. The average Bonchev–Trinajstić information content (AvgIpc) is 3.06. The number of likely N-dealkylation sites (N-methyl/N-ethyl adjacent to an activating group) is 1. The number of carbonyl (C=O) groups excluding carboxylic acids is 1. The fraction of sp³-hybridized carbons (Fsp3) is 0.381. The van der Waals surface area contributed by atoms with Crippen LogP contribution in [0.25, 0.3) is 0 Å². The third kappa shape index (κ3) is 4.25. The lowest BCUT2D eigenvalue weighted by molar-refractivity contribution is -0.120. The minimum Gasteiger partial charge on any atom is -0.353 e. The summed E-state index contributed by atoms with van der Waals surface area (Å²) in [4.78, 5) is 16.0. The molecule has 0 spiro atoms. The molecule has 3 rings (SSSR count). The molecule has 25 heavy (non-hydrogen) atoms. The minimum atomic E-state index is -0.0114. The minimum absolute atomic E-state index is 0.0114. The van der Waals surface area contributed by atoms with Crippen molar-refractivity contribution in [3.8, 4) is 0 Å². The number of nitrogens with one attached hydrogen (secondary N) is 1. The van der Waals surface area contributed by atoms with E-state index >= 15 is 0 Å². The van der Waals surface area contributed by atoms with Gasteiger partial charge < -0.3 is 10.2 Å². The molecule has 0 saturated heterocycles. The Hall–Kier alpha value is -1.78. The first-order chi connectivity index (χ1) is 12.1. The lowest BCUT2D eigenvalue weighted by Gasteiger charge is -2.26. The first-order valence-corrected chi connectivity index (χ1v) is 9.74. The predicted octanol–water partition coefficient (Wildman–Crippen LogP) is 3.68. The second kappa shape index (κ2) is 8.07. The highest BCUT2D eigenvalue weighted by molar-refractivity contribution is 8.01. The molecule has 0 aliphatic carbocycles. The van der Waals surface area contributed by atoms with Gasteiger partial charge >= 0.3 is 0 Å². The highest BCUT2D eigenvalue weighted by Crippen LogP contribution is 2.36. The summed E-state index contributed by atoms with van der Waals surface area (Å²) in [5.74, 6) is 0.137. The lowest BCUT2D eigenvalue weighted by atomic mass is 10.0. The fourth-order valence-corrected chi connectivity index (χ4v) is 4.43. The van der Waals surface area contributed by atoms with Crippen molar-refractivity contribution >= 4 is 17.7 Å². The SMILES string of the molecule is CCc1ccc([C@@H](CNC(=O)[C@@H]2Cc3ccccc3S2)N(C)C)cc1. The van der Waals surface area contributed by atoms with Crippen molar-refractivity contribution < 1.29 is 4.79 Å². The maximum Gasteiger partial charge on any atom is 0.233 e. The van der Waals surface area contributed by atoms with Gasteiger partial charge in [-0.1, -0.05) is 49.4 Å². The third-order valence-corrected chi connectivity index (χ3v) is 6.12. The molecule has 2 aromatic carbocycles. The Morgan fingerprint density at radius 1 is 1.20 bits per heavy atom. The van der Waals surface area contributed by atoms with Gasteiger partial charge in [0.05, 0.1) is 11.3 Å². The van der Waals surface area contributed by atoms with Crippen LogP contribution in [0.4, 0.5) is 0 Å². The maximum atomic E-state index is 12.6. The number of nitrogens with zero attached hydrogens (tertiary/aromatic N) is 1. The topological polar surface area (TPSA) is 32.3 Å². The zero-order valence-corrected chi connectivity index (χ0v) is 16.0. The second-order valence-electron chi connectivity index (χ2n) is 6.74. The van der Waals surface area contributed by atoms with Crippen LogP contribution in [0.1, 0.15) is 29.7 Å². The quantitative estimate of drug-likeness (QED) is 0.859. The largest absolute Gasteiger partial charge is 0.353 e. The normalized spacial score (nSPS) is 17.4. The third-order valence-electron chi connectivity index (χ3n) is 4.81. The number of benzene rings is 2. The summed E-state index contributed by atoms with van der Waals surface area (Å²) in [5.41, 5.74) is 3.86. The molecule has 2 aromatic rings. The summed E-state index contributed by atoms with van der Waals surface area (Å²) in [6.45, 7) is 2.79. The van der Waals surface area contributed by atoms with E-state index in [0.717, 1.165) is 12.8 Å². The number of rotatable bonds is 6. The Morgan fingerprint density at radius 2 is 1.92 bits per heavy atom. The van der Waals surface area contributed by atoms with Gasteiger partial charge in [0.1, 0.15) is 0 Å². The summed E-state index contributed by atoms with van der Waals surface area (Å²) < 4.78 is 0. The summed E-state index contributed by atoms with van der Waals surface area (Å²) >= 11 is 1.68. The molecular weight excluding hydrogens is 328 g/mol. The summed E-state index contributed by atoms with van der Waals surface area (Å²) in [5, 5.41) is 3.16.